The van der Waals surface area contributed by atoms with Crippen LogP contribution in [-0.4, -0.2) is 24.9 Å². The molecule has 1 aromatic rings. The number of aliphatic hydroxyl groups excluding tert-OH is 1. The first kappa shape index (κ1) is 13.3. The van der Waals surface area contributed by atoms with Crippen molar-refractivity contribution in [2.75, 3.05) is 19.0 Å². The van der Waals surface area contributed by atoms with Gasteiger partial charge in [0.05, 0.1) is 7.11 Å². The zero-order valence-electron chi connectivity index (χ0n) is 9.66. The van der Waals surface area contributed by atoms with Gasteiger partial charge in [-0.1, -0.05) is 0 Å². The van der Waals surface area contributed by atoms with Crippen LogP contribution in [-0.2, 0) is 0 Å². The normalized spacial score (nSPS) is 12.2. The third kappa shape index (κ3) is 4.02. The van der Waals surface area contributed by atoms with E-state index >= 15 is 0 Å². The van der Waals surface area contributed by atoms with E-state index in [1.54, 1.807) is 7.11 Å². The van der Waals surface area contributed by atoms with Crippen LogP contribution in [0.1, 0.15) is 19.8 Å². The molecule has 3 nitrogen and oxygen atoms in total. The molecule has 1 aromatic carbocycles. The minimum absolute atomic E-state index is 0.246. The van der Waals surface area contributed by atoms with E-state index < -0.39 is 0 Å². The maximum Gasteiger partial charge on any atom is 0.120 e. The van der Waals surface area contributed by atoms with Crippen LogP contribution >= 0.6 is 15.9 Å². The Kier molecular flexibility index (Phi) is 5.63. The van der Waals surface area contributed by atoms with Gasteiger partial charge in [0.25, 0.3) is 0 Å². The predicted molar refractivity (Wildman–Crippen MR) is 70.1 cm³/mol. The second-order valence-corrected chi connectivity index (χ2v) is 4.61. The van der Waals surface area contributed by atoms with E-state index in [9.17, 15) is 0 Å². The standard InChI is InChI=1S/C12H18BrNO2/c1-9(4-3-7-15)14-12-6-5-10(16-2)8-11(12)13/h5-6,8-9,14-15H,3-4,7H2,1-2H3. The summed E-state index contributed by atoms with van der Waals surface area (Å²) in [5.41, 5.74) is 1.05. The maximum absolute atomic E-state index is 8.75. The van der Waals surface area contributed by atoms with E-state index in [-0.39, 0.29) is 6.61 Å². The predicted octanol–water partition coefficient (Wildman–Crippen LogP) is 3.03. The third-order valence-corrected chi connectivity index (χ3v) is 3.03. The average Bonchev–Trinajstić information content (AvgIpc) is 2.29. The van der Waals surface area contributed by atoms with E-state index in [0.717, 1.165) is 28.8 Å². The molecule has 0 spiro atoms. The number of halogens is 1. The lowest BCUT2D eigenvalue weighted by molar-refractivity contribution is 0.282. The van der Waals surface area contributed by atoms with Crippen molar-refractivity contribution in [2.45, 2.75) is 25.8 Å². The fourth-order valence-electron chi connectivity index (χ4n) is 1.47. The number of aliphatic hydroxyl groups is 1. The van der Waals surface area contributed by atoms with Crippen molar-refractivity contribution in [3.63, 3.8) is 0 Å². The van der Waals surface area contributed by atoms with Gasteiger partial charge >= 0.3 is 0 Å². The Bertz CT molecular complexity index is 331. The summed E-state index contributed by atoms with van der Waals surface area (Å²) in [5, 5.41) is 12.1. The van der Waals surface area contributed by atoms with Gasteiger partial charge in [0.15, 0.2) is 0 Å². The Labute approximate surface area is 105 Å². The quantitative estimate of drug-likeness (QED) is 0.845. The van der Waals surface area contributed by atoms with Crippen LogP contribution in [0.4, 0.5) is 5.69 Å². The van der Waals surface area contributed by atoms with Crippen molar-refractivity contribution in [3.8, 4) is 5.75 Å². The molecule has 0 saturated heterocycles. The molecule has 0 aliphatic carbocycles. The molecule has 0 amide bonds. The van der Waals surface area contributed by atoms with Gasteiger partial charge in [-0.2, -0.15) is 0 Å². The molecule has 0 fully saturated rings. The van der Waals surface area contributed by atoms with Gasteiger partial charge in [0.1, 0.15) is 5.75 Å². The Morgan fingerprint density at radius 2 is 2.25 bits per heavy atom. The smallest absolute Gasteiger partial charge is 0.120 e. The molecular weight excluding hydrogens is 270 g/mol. The maximum atomic E-state index is 8.75. The van der Waals surface area contributed by atoms with Crippen molar-refractivity contribution < 1.29 is 9.84 Å². The van der Waals surface area contributed by atoms with E-state index in [4.69, 9.17) is 9.84 Å². The first-order valence-electron chi connectivity index (χ1n) is 5.38. The molecule has 16 heavy (non-hydrogen) atoms. The van der Waals surface area contributed by atoms with E-state index in [0.29, 0.717) is 6.04 Å². The molecule has 4 heteroatoms. The highest BCUT2D eigenvalue weighted by molar-refractivity contribution is 9.10. The van der Waals surface area contributed by atoms with Crippen LogP contribution in [0.3, 0.4) is 0 Å². The Balaban J connectivity index is 2.59. The van der Waals surface area contributed by atoms with Crippen molar-refractivity contribution in [3.05, 3.63) is 22.7 Å². The summed E-state index contributed by atoms with van der Waals surface area (Å²) < 4.78 is 6.12. The van der Waals surface area contributed by atoms with Crippen molar-refractivity contribution in [1.82, 2.24) is 0 Å². The SMILES string of the molecule is COc1ccc(NC(C)CCCO)c(Br)c1. The molecule has 0 heterocycles. The van der Waals surface area contributed by atoms with Crippen molar-refractivity contribution >= 4 is 21.6 Å². The van der Waals surface area contributed by atoms with Crippen LogP contribution in [0.15, 0.2) is 22.7 Å². The van der Waals surface area contributed by atoms with E-state index in [2.05, 4.69) is 28.2 Å². The minimum Gasteiger partial charge on any atom is -0.497 e. The lowest BCUT2D eigenvalue weighted by Crippen LogP contribution is -2.15. The fraction of sp³-hybridized carbons (Fsp3) is 0.500. The number of benzene rings is 1. The van der Waals surface area contributed by atoms with Crippen LogP contribution in [0.5, 0.6) is 5.75 Å². The summed E-state index contributed by atoms with van der Waals surface area (Å²) in [6.07, 6.45) is 1.77. The number of hydrogen-bond acceptors (Lipinski definition) is 3. The second kappa shape index (κ2) is 6.76. The van der Waals surface area contributed by atoms with E-state index in [1.165, 1.54) is 0 Å². The third-order valence-electron chi connectivity index (χ3n) is 2.37. The first-order valence-corrected chi connectivity index (χ1v) is 6.17. The van der Waals surface area contributed by atoms with Crippen molar-refractivity contribution in [2.24, 2.45) is 0 Å². The Morgan fingerprint density at radius 3 is 2.81 bits per heavy atom. The van der Waals surface area contributed by atoms with Gasteiger partial charge in [0, 0.05) is 22.8 Å². The molecule has 0 aromatic heterocycles. The Morgan fingerprint density at radius 1 is 1.50 bits per heavy atom. The molecule has 0 bridgehead atoms. The molecule has 1 rings (SSSR count). The van der Waals surface area contributed by atoms with Gasteiger partial charge < -0.3 is 15.2 Å². The molecule has 1 atom stereocenters. The summed E-state index contributed by atoms with van der Waals surface area (Å²) in [6.45, 7) is 2.35. The lowest BCUT2D eigenvalue weighted by atomic mass is 10.2. The van der Waals surface area contributed by atoms with Crippen LogP contribution < -0.4 is 10.1 Å². The number of hydrogen-bond donors (Lipinski definition) is 2. The van der Waals surface area contributed by atoms with Crippen LogP contribution in [0, 0.1) is 0 Å². The topological polar surface area (TPSA) is 41.5 Å². The average molecular weight is 288 g/mol. The van der Waals surface area contributed by atoms with Crippen LogP contribution in [0.25, 0.3) is 0 Å². The fourth-order valence-corrected chi connectivity index (χ4v) is 1.95. The van der Waals surface area contributed by atoms with E-state index in [1.807, 2.05) is 18.2 Å². The zero-order valence-corrected chi connectivity index (χ0v) is 11.3. The molecule has 0 aliphatic heterocycles. The molecule has 0 aliphatic rings. The molecule has 2 N–H and O–H groups in total. The number of ether oxygens (including phenoxy) is 1. The first-order chi connectivity index (χ1) is 7.67. The second-order valence-electron chi connectivity index (χ2n) is 3.76. The summed E-state index contributed by atoms with van der Waals surface area (Å²) in [4.78, 5) is 0. The Hall–Kier alpha value is -0.740. The summed E-state index contributed by atoms with van der Waals surface area (Å²) in [6, 6.07) is 6.18. The highest BCUT2D eigenvalue weighted by atomic mass is 79.9. The van der Waals surface area contributed by atoms with Gasteiger partial charge in [-0.3, -0.25) is 0 Å². The number of anilines is 1. The summed E-state index contributed by atoms with van der Waals surface area (Å²) >= 11 is 3.49. The molecular formula is C12H18BrNO2. The molecule has 1 unspecified atom stereocenters. The van der Waals surface area contributed by atoms with Gasteiger partial charge in [-0.15, -0.1) is 0 Å². The lowest BCUT2D eigenvalue weighted by Gasteiger charge is -2.16. The number of nitrogens with one attached hydrogen (secondary N) is 1. The monoisotopic (exact) mass is 287 g/mol. The largest absolute Gasteiger partial charge is 0.497 e. The van der Waals surface area contributed by atoms with Gasteiger partial charge in [0.2, 0.25) is 0 Å². The zero-order chi connectivity index (χ0) is 12.0. The summed E-state index contributed by atoms with van der Waals surface area (Å²) in [5.74, 6) is 0.834. The molecule has 0 radical (unpaired) electrons. The summed E-state index contributed by atoms with van der Waals surface area (Å²) in [7, 11) is 1.65. The minimum atomic E-state index is 0.246. The molecule has 0 saturated carbocycles. The van der Waals surface area contributed by atoms with Crippen molar-refractivity contribution in [1.29, 1.82) is 0 Å². The highest BCUT2D eigenvalue weighted by Crippen LogP contribution is 2.27. The van der Waals surface area contributed by atoms with Gasteiger partial charge in [-0.25, -0.2) is 0 Å². The number of methoxy groups -OCH3 is 1. The van der Waals surface area contributed by atoms with Crippen LogP contribution in [0.2, 0.25) is 0 Å². The molecule has 90 valence electrons. The van der Waals surface area contributed by atoms with Gasteiger partial charge in [-0.05, 0) is 53.9 Å². The number of rotatable bonds is 6. The highest BCUT2D eigenvalue weighted by Gasteiger charge is 2.05.